The Morgan fingerprint density at radius 3 is 2.79 bits per heavy atom. The Morgan fingerprint density at radius 2 is 2.21 bits per heavy atom. The molecule has 0 aliphatic carbocycles. The summed E-state index contributed by atoms with van der Waals surface area (Å²) in [5, 5.41) is 13.3. The van der Waals surface area contributed by atoms with Crippen molar-refractivity contribution in [3.63, 3.8) is 0 Å². The first-order valence-electron chi connectivity index (χ1n) is 4.80. The highest BCUT2D eigenvalue weighted by atomic mass is 32.1. The molecule has 0 fully saturated rings. The summed E-state index contributed by atoms with van der Waals surface area (Å²) in [5.74, 6) is 0.885. The number of anilines is 1. The number of nitrogens with one attached hydrogen (secondary N) is 1. The summed E-state index contributed by atoms with van der Waals surface area (Å²) in [6, 6.07) is 0. The van der Waals surface area contributed by atoms with Crippen LogP contribution in [0.4, 0.5) is 5.13 Å². The number of aromatic nitrogens is 2. The second-order valence-corrected chi connectivity index (χ2v) is 4.68. The third kappa shape index (κ3) is 4.02. The van der Waals surface area contributed by atoms with E-state index in [1.54, 1.807) is 13.8 Å². The summed E-state index contributed by atoms with van der Waals surface area (Å²) in [7, 11) is 0. The molecule has 1 aromatic heterocycles. The summed E-state index contributed by atoms with van der Waals surface area (Å²) in [5.41, 5.74) is -0.712. The minimum absolute atomic E-state index is 0.494. The van der Waals surface area contributed by atoms with Gasteiger partial charge in [-0.25, -0.2) is 4.98 Å². The summed E-state index contributed by atoms with van der Waals surface area (Å²) in [6.07, 6.45) is 1.97. The zero-order valence-electron chi connectivity index (χ0n) is 8.87. The molecule has 0 spiro atoms. The average molecular weight is 215 g/mol. The van der Waals surface area contributed by atoms with Crippen LogP contribution in [0.3, 0.4) is 0 Å². The molecule has 0 aliphatic rings. The lowest BCUT2D eigenvalue weighted by Gasteiger charge is -2.16. The lowest BCUT2D eigenvalue weighted by Crippen LogP contribution is -2.29. The molecule has 1 rings (SSSR count). The van der Waals surface area contributed by atoms with Gasteiger partial charge >= 0.3 is 0 Å². The Kier molecular flexibility index (Phi) is 3.83. The second kappa shape index (κ2) is 4.70. The van der Waals surface area contributed by atoms with E-state index in [1.807, 2.05) is 0 Å². The third-order valence-corrected chi connectivity index (χ3v) is 2.32. The molecule has 0 atom stereocenters. The Balaban J connectivity index is 2.44. The van der Waals surface area contributed by atoms with Crippen molar-refractivity contribution < 1.29 is 5.11 Å². The highest BCUT2D eigenvalue weighted by molar-refractivity contribution is 7.09. The maximum atomic E-state index is 9.48. The Morgan fingerprint density at radius 1 is 1.50 bits per heavy atom. The van der Waals surface area contributed by atoms with Gasteiger partial charge in [-0.3, -0.25) is 0 Å². The van der Waals surface area contributed by atoms with Crippen LogP contribution in [-0.2, 0) is 6.42 Å². The van der Waals surface area contributed by atoms with Crippen LogP contribution < -0.4 is 5.32 Å². The first kappa shape index (κ1) is 11.4. The van der Waals surface area contributed by atoms with Gasteiger partial charge in [0, 0.05) is 24.5 Å². The average Bonchev–Trinajstić information content (AvgIpc) is 2.49. The molecule has 1 heterocycles. The van der Waals surface area contributed by atoms with Crippen LogP contribution in [0.25, 0.3) is 0 Å². The van der Waals surface area contributed by atoms with Crippen molar-refractivity contribution >= 4 is 16.7 Å². The van der Waals surface area contributed by atoms with Crippen LogP contribution in [0, 0.1) is 0 Å². The molecule has 0 unspecified atom stereocenters. The van der Waals surface area contributed by atoms with Crippen molar-refractivity contribution in [1.29, 1.82) is 0 Å². The lowest BCUT2D eigenvalue weighted by atomic mass is 10.1. The van der Waals surface area contributed by atoms with Gasteiger partial charge in [0.1, 0.15) is 5.82 Å². The van der Waals surface area contributed by atoms with Crippen molar-refractivity contribution in [2.24, 2.45) is 0 Å². The van der Waals surface area contributed by atoms with Gasteiger partial charge in [0.2, 0.25) is 5.13 Å². The summed E-state index contributed by atoms with van der Waals surface area (Å²) in [6.45, 7) is 6.11. The third-order valence-electron chi connectivity index (χ3n) is 1.61. The zero-order valence-corrected chi connectivity index (χ0v) is 9.69. The first-order chi connectivity index (χ1) is 6.51. The van der Waals surface area contributed by atoms with E-state index in [-0.39, 0.29) is 0 Å². The summed E-state index contributed by atoms with van der Waals surface area (Å²) < 4.78 is 4.19. The fourth-order valence-electron chi connectivity index (χ4n) is 0.943. The maximum Gasteiger partial charge on any atom is 0.202 e. The molecule has 0 bridgehead atoms. The van der Waals surface area contributed by atoms with Gasteiger partial charge in [-0.15, -0.1) is 0 Å². The normalized spacial score (nSPS) is 11.7. The summed E-state index contributed by atoms with van der Waals surface area (Å²) in [4.78, 5) is 4.29. The monoisotopic (exact) mass is 215 g/mol. The zero-order chi connectivity index (χ0) is 10.6. The predicted molar refractivity (Wildman–Crippen MR) is 58.7 cm³/mol. The summed E-state index contributed by atoms with van der Waals surface area (Å²) >= 11 is 1.35. The van der Waals surface area contributed by atoms with Crippen LogP contribution in [0.15, 0.2) is 0 Å². The van der Waals surface area contributed by atoms with Crippen LogP contribution >= 0.6 is 11.5 Å². The van der Waals surface area contributed by atoms with Crippen molar-refractivity contribution in [3.8, 4) is 0 Å². The molecule has 0 amide bonds. The molecular weight excluding hydrogens is 198 g/mol. The van der Waals surface area contributed by atoms with E-state index >= 15 is 0 Å². The number of hydrogen-bond donors (Lipinski definition) is 2. The predicted octanol–water partition coefficient (Wildman–Crippen LogP) is 1.67. The molecule has 14 heavy (non-hydrogen) atoms. The fourth-order valence-corrected chi connectivity index (χ4v) is 1.55. The largest absolute Gasteiger partial charge is 0.389 e. The quantitative estimate of drug-likeness (QED) is 0.784. The minimum atomic E-state index is -0.712. The molecule has 0 aromatic carbocycles. The molecule has 0 radical (unpaired) electrons. The van der Waals surface area contributed by atoms with E-state index in [1.165, 1.54) is 11.5 Å². The van der Waals surface area contributed by atoms with E-state index in [0.29, 0.717) is 6.54 Å². The number of aryl methyl sites for hydroxylation is 1. The second-order valence-electron chi connectivity index (χ2n) is 3.93. The Hall–Kier alpha value is -0.680. The van der Waals surface area contributed by atoms with Crippen LogP contribution in [0.2, 0.25) is 0 Å². The number of nitrogens with zero attached hydrogens (tertiary/aromatic N) is 2. The van der Waals surface area contributed by atoms with Gasteiger partial charge < -0.3 is 10.4 Å². The highest BCUT2D eigenvalue weighted by Crippen LogP contribution is 2.13. The van der Waals surface area contributed by atoms with Crippen LogP contribution in [0.1, 0.15) is 33.0 Å². The van der Waals surface area contributed by atoms with Crippen LogP contribution in [0.5, 0.6) is 0 Å². The molecule has 0 saturated carbocycles. The van der Waals surface area contributed by atoms with Gasteiger partial charge in [-0.05, 0) is 20.3 Å². The number of hydrogen-bond acceptors (Lipinski definition) is 5. The molecule has 4 nitrogen and oxygen atoms in total. The van der Waals surface area contributed by atoms with Gasteiger partial charge in [0.05, 0.1) is 5.60 Å². The van der Waals surface area contributed by atoms with Gasteiger partial charge in [-0.2, -0.15) is 4.37 Å². The smallest absolute Gasteiger partial charge is 0.202 e. The van der Waals surface area contributed by atoms with Gasteiger partial charge in [0.15, 0.2) is 0 Å². The molecule has 0 aliphatic heterocycles. The molecular formula is C9H17N3OS. The standard InChI is InChI=1S/C9H17N3OS/c1-4-5-7-11-8(14-12-7)10-6-9(2,3)13/h13H,4-6H2,1-3H3,(H,10,11,12). The molecule has 80 valence electrons. The van der Waals surface area contributed by atoms with E-state index in [2.05, 4.69) is 21.6 Å². The topological polar surface area (TPSA) is 58.0 Å². The Bertz CT molecular complexity index is 280. The van der Waals surface area contributed by atoms with Gasteiger partial charge in [0.25, 0.3) is 0 Å². The minimum Gasteiger partial charge on any atom is -0.389 e. The van der Waals surface area contributed by atoms with Crippen molar-refractivity contribution in [3.05, 3.63) is 5.82 Å². The SMILES string of the molecule is CCCc1nsc(NCC(C)(C)O)n1. The fraction of sp³-hybridized carbons (Fsp3) is 0.778. The van der Waals surface area contributed by atoms with E-state index in [9.17, 15) is 5.11 Å². The van der Waals surface area contributed by atoms with E-state index < -0.39 is 5.60 Å². The van der Waals surface area contributed by atoms with Crippen molar-refractivity contribution in [2.45, 2.75) is 39.2 Å². The molecule has 0 saturated heterocycles. The lowest BCUT2D eigenvalue weighted by molar-refractivity contribution is 0.0945. The van der Waals surface area contributed by atoms with E-state index in [4.69, 9.17) is 0 Å². The maximum absolute atomic E-state index is 9.48. The van der Waals surface area contributed by atoms with Crippen LogP contribution in [-0.4, -0.2) is 26.6 Å². The van der Waals surface area contributed by atoms with Gasteiger partial charge in [-0.1, -0.05) is 6.92 Å². The van der Waals surface area contributed by atoms with Crippen molar-refractivity contribution in [1.82, 2.24) is 9.36 Å². The molecule has 1 aromatic rings. The molecule has 5 heteroatoms. The molecule has 2 N–H and O–H groups in total. The highest BCUT2D eigenvalue weighted by Gasteiger charge is 2.13. The van der Waals surface area contributed by atoms with Crippen molar-refractivity contribution in [2.75, 3.05) is 11.9 Å². The van der Waals surface area contributed by atoms with E-state index in [0.717, 1.165) is 23.8 Å². The number of aliphatic hydroxyl groups is 1. The Labute approximate surface area is 88.6 Å². The number of rotatable bonds is 5. The first-order valence-corrected chi connectivity index (χ1v) is 5.57.